The monoisotopic (exact) mass is 374 g/mol. The number of hydrogen-bond acceptors (Lipinski definition) is 3. The number of likely N-dealkylation sites (tertiary alicyclic amines) is 1. The molecule has 2 aromatic carbocycles. The number of benzene rings is 2. The molecule has 0 aliphatic carbocycles. The molecule has 1 aliphatic heterocycles. The predicted molar refractivity (Wildman–Crippen MR) is 112 cm³/mol. The number of rotatable bonds is 4. The molecular weight excluding hydrogens is 348 g/mol. The molecule has 1 fully saturated rings. The van der Waals surface area contributed by atoms with Gasteiger partial charge < -0.3 is 9.64 Å². The lowest BCUT2D eigenvalue weighted by molar-refractivity contribution is -0.132. The van der Waals surface area contributed by atoms with Crippen LogP contribution in [0.5, 0.6) is 5.75 Å². The van der Waals surface area contributed by atoms with Gasteiger partial charge >= 0.3 is 0 Å². The van der Waals surface area contributed by atoms with E-state index < -0.39 is 0 Å². The van der Waals surface area contributed by atoms with E-state index in [9.17, 15) is 4.79 Å². The van der Waals surface area contributed by atoms with Gasteiger partial charge in [-0.25, -0.2) is 0 Å². The van der Waals surface area contributed by atoms with Gasteiger partial charge in [0.05, 0.1) is 5.52 Å². The van der Waals surface area contributed by atoms with Crippen LogP contribution in [0.25, 0.3) is 22.0 Å². The highest BCUT2D eigenvalue weighted by Gasteiger charge is 2.22. The predicted octanol–water partition coefficient (Wildman–Crippen LogP) is 4.99. The fourth-order valence-corrected chi connectivity index (χ4v) is 3.91. The highest BCUT2D eigenvalue weighted by Crippen LogP contribution is 2.31. The van der Waals surface area contributed by atoms with Crippen LogP contribution in [-0.4, -0.2) is 35.0 Å². The van der Waals surface area contributed by atoms with Crippen LogP contribution >= 0.6 is 0 Å². The lowest BCUT2D eigenvalue weighted by Gasteiger charge is -2.32. The van der Waals surface area contributed by atoms with Crippen molar-refractivity contribution in [3.05, 3.63) is 60.3 Å². The lowest BCUT2D eigenvalue weighted by Crippen LogP contribution is -2.41. The number of nitrogens with zero attached hydrogens (tertiary/aromatic N) is 2. The van der Waals surface area contributed by atoms with Crippen molar-refractivity contribution < 1.29 is 9.53 Å². The normalized spacial score (nSPS) is 15.0. The molecule has 0 unspecified atom stereocenters. The van der Waals surface area contributed by atoms with Gasteiger partial charge in [-0.3, -0.25) is 9.78 Å². The summed E-state index contributed by atoms with van der Waals surface area (Å²) in [6.07, 6.45) is 4.37. The highest BCUT2D eigenvalue weighted by atomic mass is 16.5. The van der Waals surface area contributed by atoms with Crippen LogP contribution in [-0.2, 0) is 4.79 Å². The average molecular weight is 374 g/mol. The van der Waals surface area contributed by atoms with Crippen molar-refractivity contribution in [3.8, 4) is 16.9 Å². The maximum Gasteiger partial charge on any atom is 0.222 e. The van der Waals surface area contributed by atoms with E-state index >= 15 is 0 Å². The number of carbonyl (C=O) groups is 1. The Morgan fingerprint density at radius 1 is 1.14 bits per heavy atom. The standard InChI is InChI=1S/C24H26N2O2/c1-3-24(27)26-13-10-20(11-14-26)28-19-8-6-18(7-9-19)22-15-17(2)16-23-21(22)5-4-12-25-23/h4-9,12,15-16,20H,3,10-11,13-14H2,1-2H3. The number of fused-ring (bicyclic) bond motifs is 1. The van der Waals surface area contributed by atoms with E-state index in [0.29, 0.717) is 6.42 Å². The summed E-state index contributed by atoms with van der Waals surface area (Å²) in [7, 11) is 0. The third kappa shape index (κ3) is 3.86. The molecule has 0 bridgehead atoms. The number of pyridine rings is 1. The van der Waals surface area contributed by atoms with E-state index in [-0.39, 0.29) is 12.0 Å². The second-order valence-electron chi connectivity index (χ2n) is 7.46. The van der Waals surface area contributed by atoms with Gasteiger partial charge in [-0.05, 0) is 47.9 Å². The van der Waals surface area contributed by atoms with Crippen LogP contribution in [0.15, 0.2) is 54.7 Å². The fourth-order valence-electron chi connectivity index (χ4n) is 3.91. The number of aryl methyl sites for hydroxylation is 1. The Balaban J connectivity index is 1.48. The van der Waals surface area contributed by atoms with E-state index in [2.05, 4.69) is 42.2 Å². The number of piperidine rings is 1. The van der Waals surface area contributed by atoms with Crippen LogP contribution in [0.2, 0.25) is 0 Å². The Morgan fingerprint density at radius 2 is 1.89 bits per heavy atom. The summed E-state index contributed by atoms with van der Waals surface area (Å²) in [4.78, 5) is 18.2. The summed E-state index contributed by atoms with van der Waals surface area (Å²) < 4.78 is 6.17. The maximum atomic E-state index is 11.8. The summed E-state index contributed by atoms with van der Waals surface area (Å²) >= 11 is 0. The van der Waals surface area contributed by atoms with Crippen molar-refractivity contribution in [2.75, 3.05) is 13.1 Å². The van der Waals surface area contributed by atoms with Crippen molar-refractivity contribution >= 4 is 16.8 Å². The van der Waals surface area contributed by atoms with E-state index in [1.165, 1.54) is 11.1 Å². The van der Waals surface area contributed by atoms with Gasteiger partial charge in [-0.1, -0.05) is 31.2 Å². The Bertz CT molecular complexity index is 974. The molecule has 4 heteroatoms. The van der Waals surface area contributed by atoms with Gasteiger partial charge in [-0.2, -0.15) is 0 Å². The minimum absolute atomic E-state index is 0.177. The average Bonchev–Trinajstić information content (AvgIpc) is 2.73. The molecule has 144 valence electrons. The quantitative estimate of drug-likeness (QED) is 0.646. The zero-order valence-corrected chi connectivity index (χ0v) is 16.5. The molecule has 1 saturated heterocycles. The van der Waals surface area contributed by atoms with E-state index in [0.717, 1.165) is 48.1 Å². The number of ether oxygens (including phenoxy) is 1. The van der Waals surface area contributed by atoms with Gasteiger partial charge in [0.2, 0.25) is 5.91 Å². The molecular formula is C24H26N2O2. The van der Waals surface area contributed by atoms with Gasteiger partial charge in [0.25, 0.3) is 0 Å². The van der Waals surface area contributed by atoms with Crippen LogP contribution in [0.1, 0.15) is 31.7 Å². The molecule has 1 aliphatic rings. The Hall–Kier alpha value is -2.88. The maximum absolute atomic E-state index is 11.8. The first-order chi connectivity index (χ1) is 13.6. The third-order valence-electron chi connectivity index (χ3n) is 5.43. The number of aromatic nitrogens is 1. The van der Waals surface area contributed by atoms with Crippen LogP contribution < -0.4 is 4.74 Å². The summed E-state index contributed by atoms with van der Waals surface area (Å²) in [5, 5.41) is 1.16. The molecule has 0 N–H and O–H groups in total. The van der Waals surface area contributed by atoms with E-state index in [4.69, 9.17) is 4.74 Å². The second kappa shape index (κ2) is 8.01. The van der Waals surface area contributed by atoms with Crippen LogP contribution in [0.4, 0.5) is 0 Å². The topological polar surface area (TPSA) is 42.4 Å². The second-order valence-corrected chi connectivity index (χ2v) is 7.46. The summed E-state index contributed by atoms with van der Waals surface area (Å²) in [6.45, 7) is 5.60. The largest absolute Gasteiger partial charge is 0.490 e. The van der Waals surface area contributed by atoms with Gasteiger partial charge in [0.15, 0.2) is 0 Å². The van der Waals surface area contributed by atoms with Gasteiger partial charge in [0, 0.05) is 43.9 Å². The highest BCUT2D eigenvalue weighted by molar-refractivity contribution is 5.95. The molecule has 4 nitrogen and oxygen atoms in total. The Morgan fingerprint density at radius 3 is 2.61 bits per heavy atom. The zero-order chi connectivity index (χ0) is 19.5. The molecule has 0 spiro atoms. The molecule has 1 aromatic heterocycles. The molecule has 4 rings (SSSR count). The molecule has 2 heterocycles. The summed E-state index contributed by atoms with van der Waals surface area (Å²) in [5.74, 6) is 1.13. The summed E-state index contributed by atoms with van der Waals surface area (Å²) in [6, 6.07) is 16.7. The van der Waals surface area contributed by atoms with Crippen molar-refractivity contribution in [1.29, 1.82) is 0 Å². The van der Waals surface area contributed by atoms with Crippen molar-refractivity contribution in [2.45, 2.75) is 39.2 Å². The number of amides is 1. The number of hydrogen-bond donors (Lipinski definition) is 0. The Kier molecular flexibility index (Phi) is 5.29. The molecule has 0 atom stereocenters. The fraction of sp³-hybridized carbons (Fsp3) is 0.333. The third-order valence-corrected chi connectivity index (χ3v) is 5.43. The smallest absolute Gasteiger partial charge is 0.222 e. The minimum atomic E-state index is 0.177. The van der Waals surface area contributed by atoms with Gasteiger partial charge in [0.1, 0.15) is 11.9 Å². The first-order valence-corrected chi connectivity index (χ1v) is 10.0. The SMILES string of the molecule is CCC(=O)N1CCC(Oc2ccc(-c3cc(C)cc4ncccc34)cc2)CC1. The van der Waals surface area contributed by atoms with Crippen LogP contribution in [0.3, 0.4) is 0 Å². The first kappa shape index (κ1) is 18.5. The van der Waals surface area contributed by atoms with Crippen molar-refractivity contribution in [3.63, 3.8) is 0 Å². The van der Waals surface area contributed by atoms with E-state index in [1.807, 2.05) is 36.2 Å². The Labute approximate surface area is 166 Å². The van der Waals surface area contributed by atoms with Crippen molar-refractivity contribution in [1.82, 2.24) is 9.88 Å². The molecule has 0 saturated carbocycles. The minimum Gasteiger partial charge on any atom is -0.490 e. The number of carbonyl (C=O) groups excluding carboxylic acids is 1. The van der Waals surface area contributed by atoms with E-state index in [1.54, 1.807) is 0 Å². The molecule has 3 aromatic rings. The van der Waals surface area contributed by atoms with Crippen molar-refractivity contribution in [2.24, 2.45) is 0 Å². The molecule has 1 amide bonds. The molecule has 0 radical (unpaired) electrons. The first-order valence-electron chi connectivity index (χ1n) is 10.0. The zero-order valence-electron chi connectivity index (χ0n) is 16.5. The molecule has 28 heavy (non-hydrogen) atoms. The lowest BCUT2D eigenvalue weighted by atomic mass is 9.98. The van der Waals surface area contributed by atoms with Gasteiger partial charge in [-0.15, -0.1) is 0 Å². The summed E-state index contributed by atoms with van der Waals surface area (Å²) in [5.41, 5.74) is 4.58. The van der Waals surface area contributed by atoms with Crippen LogP contribution in [0, 0.1) is 6.92 Å².